The van der Waals surface area contributed by atoms with E-state index in [9.17, 15) is 0 Å². The van der Waals surface area contributed by atoms with Crippen molar-refractivity contribution in [1.29, 1.82) is 0 Å². The minimum Gasteiger partial charge on any atom is -0.389 e. The minimum absolute atomic E-state index is 0.404. The number of nitrogens with one attached hydrogen (secondary N) is 1. The summed E-state index contributed by atoms with van der Waals surface area (Å²) in [7, 11) is 0. The Labute approximate surface area is 133 Å². The molecule has 0 aliphatic carbocycles. The van der Waals surface area contributed by atoms with Crippen molar-refractivity contribution in [3.05, 3.63) is 28.8 Å². The molecule has 1 rings (SSSR count). The first kappa shape index (κ1) is 17.3. The molecular weight excluding hydrogens is 288 g/mol. The molecule has 0 unspecified atom stereocenters. The van der Waals surface area contributed by atoms with Crippen LogP contribution < -0.4 is 11.1 Å². The van der Waals surface area contributed by atoms with Gasteiger partial charge in [-0.25, -0.2) is 0 Å². The Hall–Kier alpha value is -0.800. The second-order valence-corrected chi connectivity index (χ2v) is 6.45. The van der Waals surface area contributed by atoms with Gasteiger partial charge in [-0.2, -0.15) is 0 Å². The summed E-state index contributed by atoms with van der Waals surface area (Å²) in [5, 5.41) is 4.08. The molecule has 0 radical (unpaired) electrons. The van der Waals surface area contributed by atoms with Crippen molar-refractivity contribution < 1.29 is 0 Å². The molecule has 1 aromatic rings. The highest BCUT2D eigenvalue weighted by Crippen LogP contribution is 2.21. The van der Waals surface area contributed by atoms with E-state index in [-0.39, 0.29) is 0 Å². The molecule has 0 fully saturated rings. The maximum absolute atomic E-state index is 6.01. The number of thiocarbonyl (C=S) groups is 1. The van der Waals surface area contributed by atoms with Gasteiger partial charge in [0.2, 0.25) is 0 Å². The van der Waals surface area contributed by atoms with Gasteiger partial charge in [0.15, 0.2) is 0 Å². The van der Waals surface area contributed by atoms with Gasteiger partial charge in [0, 0.05) is 22.8 Å². The maximum atomic E-state index is 6.01. The number of hydrogen-bond donors (Lipinski definition) is 2. The van der Waals surface area contributed by atoms with Crippen LogP contribution in [0.1, 0.15) is 51.5 Å². The Morgan fingerprint density at radius 1 is 1.25 bits per heavy atom. The summed E-state index contributed by atoms with van der Waals surface area (Å²) in [5.41, 5.74) is 7.51. The highest BCUT2D eigenvalue weighted by molar-refractivity contribution is 7.80. The third-order valence-corrected chi connectivity index (χ3v) is 3.73. The fourth-order valence-corrected chi connectivity index (χ4v) is 2.48. The molecule has 0 aromatic heterocycles. The molecule has 0 saturated carbocycles. The summed E-state index contributed by atoms with van der Waals surface area (Å²) in [6.45, 7) is 5.48. The van der Waals surface area contributed by atoms with Crippen molar-refractivity contribution in [3.63, 3.8) is 0 Å². The minimum atomic E-state index is 0.404. The number of hydrogen-bond acceptors (Lipinski definition) is 2. The van der Waals surface area contributed by atoms with E-state index in [4.69, 9.17) is 29.6 Å². The molecule has 3 N–H and O–H groups in total. The van der Waals surface area contributed by atoms with Crippen LogP contribution in [0.25, 0.3) is 0 Å². The molecule has 112 valence electrons. The zero-order valence-electron chi connectivity index (χ0n) is 12.4. The number of benzene rings is 1. The molecule has 2 nitrogen and oxygen atoms in total. The number of halogens is 1. The molecule has 1 aromatic carbocycles. The van der Waals surface area contributed by atoms with Crippen molar-refractivity contribution in [3.8, 4) is 0 Å². The largest absolute Gasteiger partial charge is 0.389 e. The first-order chi connectivity index (χ1) is 9.50. The molecule has 0 spiro atoms. The van der Waals surface area contributed by atoms with Crippen LogP contribution in [0.15, 0.2) is 18.2 Å². The molecular formula is C16H25ClN2S. The van der Waals surface area contributed by atoms with E-state index < -0.39 is 0 Å². The van der Waals surface area contributed by atoms with Crippen molar-refractivity contribution in [2.75, 3.05) is 11.9 Å². The molecule has 0 saturated heterocycles. The predicted molar refractivity (Wildman–Crippen MR) is 93.8 cm³/mol. The number of nitrogens with two attached hydrogens (primary N) is 1. The van der Waals surface area contributed by atoms with Gasteiger partial charge >= 0.3 is 0 Å². The van der Waals surface area contributed by atoms with Gasteiger partial charge in [0.1, 0.15) is 4.99 Å². The van der Waals surface area contributed by atoms with Crippen LogP contribution in [0.4, 0.5) is 5.69 Å². The summed E-state index contributed by atoms with van der Waals surface area (Å²) in [4.78, 5) is 0.404. The SMILES string of the molecule is CC(C)CCCCCCNc1cc(Cl)ccc1C(N)=S. The van der Waals surface area contributed by atoms with E-state index in [1.807, 2.05) is 18.2 Å². The Bertz CT molecular complexity index is 432. The fraction of sp³-hybridized carbons (Fsp3) is 0.562. The summed E-state index contributed by atoms with van der Waals surface area (Å²) < 4.78 is 0. The second-order valence-electron chi connectivity index (χ2n) is 5.58. The number of anilines is 1. The zero-order valence-corrected chi connectivity index (χ0v) is 14.0. The Morgan fingerprint density at radius 2 is 1.95 bits per heavy atom. The Kier molecular flexibility index (Phi) is 7.93. The van der Waals surface area contributed by atoms with Crippen molar-refractivity contribution in [2.24, 2.45) is 11.7 Å². The Balaban J connectivity index is 2.31. The van der Waals surface area contributed by atoms with Crippen molar-refractivity contribution in [1.82, 2.24) is 0 Å². The second kappa shape index (κ2) is 9.19. The summed E-state index contributed by atoms with van der Waals surface area (Å²) in [6, 6.07) is 5.57. The van der Waals surface area contributed by atoms with Gasteiger partial charge in [0.05, 0.1) is 0 Å². The molecule has 0 aliphatic rings. The number of rotatable bonds is 9. The fourth-order valence-electron chi connectivity index (χ4n) is 2.13. The summed E-state index contributed by atoms with van der Waals surface area (Å²) >= 11 is 11.1. The van der Waals surface area contributed by atoms with E-state index in [0.29, 0.717) is 10.0 Å². The van der Waals surface area contributed by atoms with Gasteiger partial charge in [-0.05, 0) is 30.5 Å². The first-order valence-corrected chi connectivity index (χ1v) is 8.12. The quantitative estimate of drug-likeness (QED) is 0.498. The summed E-state index contributed by atoms with van der Waals surface area (Å²) in [5.74, 6) is 0.813. The van der Waals surface area contributed by atoms with E-state index in [1.165, 1.54) is 25.7 Å². The van der Waals surface area contributed by atoms with Crippen LogP contribution in [0.2, 0.25) is 5.02 Å². The monoisotopic (exact) mass is 312 g/mol. The summed E-state index contributed by atoms with van der Waals surface area (Å²) in [6.07, 6.45) is 6.36. The average molecular weight is 313 g/mol. The van der Waals surface area contributed by atoms with Crippen LogP contribution in [-0.4, -0.2) is 11.5 Å². The molecule has 0 aliphatic heterocycles. The molecule has 0 atom stereocenters. The number of unbranched alkanes of at least 4 members (excludes halogenated alkanes) is 3. The smallest absolute Gasteiger partial charge is 0.106 e. The maximum Gasteiger partial charge on any atom is 0.106 e. The van der Waals surface area contributed by atoms with Crippen LogP contribution >= 0.6 is 23.8 Å². The normalized spacial score (nSPS) is 10.8. The van der Waals surface area contributed by atoms with Crippen LogP contribution in [0, 0.1) is 5.92 Å². The lowest BCUT2D eigenvalue weighted by molar-refractivity contribution is 0.523. The average Bonchev–Trinajstić information content (AvgIpc) is 2.37. The highest BCUT2D eigenvalue weighted by atomic mass is 35.5. The van der Waals surface area contributed by atoms with E-state index in [1.54, 1.807) is 0 Å². The van der Waals surface area contributed by atoms with Crippen LogP contribution in [0.5, 0.6) is 0 Å². The topological polar surface area (TPSA) is 38.0 Å². The molecule has 20 heavy (non-hydrogen) atoms. The van der Waals surface area contributed by atoms with Gasteiger partial charge < -0.3 is 11.1 Å². The van der Waals surface area contributed by atoms with E-state index >= 15 is 0 Å². The predicted octanol–water partition coefficient (Wildman–Crippen LogP) is 4.99. The lowest BCUT2D eigenvalue weighted by Crippen LogP contribution is -2.13. The molecule has 0 heterocycles. The van der Waals surface area contributed by atoms with Crippen molar-refractivity contribution >= 4 is 34.5 Å². The zero-order chi connectivity index (χ0) is 15.0. The first-order valence-electron chi connectivity index (χ1n) is 7.34. The lowest BCUT2D eigenvalue weighted by Gasteiger charge is -2.11. The Morgan fingerprint density at radius 3 is 2.60 bits per heavy atom. The van der Waals surface area contributed by atoms with Gasteiger partial charge in [-0.3, -0.25) is 0 Å². The van der Waals surface area contributed by atoms with Gasteiger partial charge in [-0.1, -0.05) is 63.3 Å². The lowest BCUT2D eigenvalue weighted by atomic mass is 10.0. The van der Waals surface area contributed by atoms with E-state index in [2.05, 4.69) is 19.2 Å². The third kappa shape index (κ3) is 6.58. The van der Waals surface area contributed by atoms with Crippen LogP contribution in [-0.2, 0) is 0 Å². The van der Waals surface area contributed by atoms with Crippen molar-refractivity contribution in [2.45, 2.75) is 46.0 Å². The molecule has 4 heteroatoms. The molecule has 0 bridgehead atoms. The molecule has 0 amide bonds. The highest BCUT2D eigenvalue weighted by Gasteiger charge is 2.05. The standard InChI is InChI=1S/C16H25ClN2S/c1-12(2)7-5-3-4-6-10-19-15-11-13(17)8-9-14(15)16(18)20/h8-9,11-12,19H,3-7,10H2,1-2H3,(H2,18,20). The van der Waals surface area contributed by atoms with Crippen LogP contribution in [0.3, 0.4) is 0 Å². The van der Waals surface area contributed by atoms with Gasteiger partial charge in [-0.15, -0.1) is 0 Å². The third-order valence-electron chi connectivity index (χ3n) is 3.27. The van der Waals surface area contributed by atoms with E-state index in [0.717, 1.165) is 30.1 Å². The van der Waals surface area contributed by atoms with Gasteiger partial charge in [0.25, 0.3) is 0 Å².